The normalized spacial score (nSPS) is 14.8. The molecule has 3 rings (SSSR count). The van der Waals surface area contributed by atoms with Crippen molar-refractivity contribution in [2.45, 2.75) is 6.92 Å². The summed E-state index contributed by atoms with van der Waals surface area (Å²) < 4.78 is 24.6. The first-order valence-corrected chi connectivity index (χ1v) is 9.22. The number of carbonyl (C=O) groups excluding carboxylic acids is 1. The van der Waals surface area contributed by atoms with Gasteiger partial charge < -0.3 is 19.3 Å². The lowest BCUT2D eigenvalue weighted by Gasteiger charge is -2.35. The molecule has 1 aliphatic heterocycles. The number of anilines is 1. The fraction of sp³-hybridized carbons (Fsp3) is 0.318. The molecule has 0 unspecified atom stereocenters. The number of halogens is 1. The van der Waals surface area contributed by atoms with E-state index in [0.717, 1.165) is 11.1 Å². The third kappa shape index (κ3) is 4.27. The van der Waals surface area contributed by atoms with Gasteiger partial charge in [0.25, 0.3) is 0 Å². The third-order valence-electron chi connectivity index (χ3n) is 4.96. The molecule has 0 bridgehead atoms. The fourth-order valence-electron chi connectivity index (χ4n) is 3.35. The SMILES string of the molecule is COc1ccc(/C(C)=C/C(=O)N2CCN(c3ccccc3F)CC2)c(OC)c1. The van der Waals surface area contributed by atoms with Gasteiger partial charge in [-0.25, -0.2) is 4.39 Å². The van der Waals surface area contributed by atoms with Crippen molar-refractivity contribution in [3.63, 3.8) is 0 Å². The molecule has 0 spiro atoms. The standard InChI is InChI=1S/C22H25FN2O3/c1-16(18-9-8-17(27-2)15-21(18)28-3)14-22(26)25-12-10-24(11-13-25)20-7-5-4-6-19(20)23/h4-9,14-15H,10-13H2,1-3H3/b16-14+. The maximum absolute atomic E-state index is 14.0. The van der Waals surface area contributed by atoms with Gasteiger partial charge in [0, 0.05) is 43.9 Å². The molecule has 1 saturated heterocycles. The van der Waals surface area contributed by atoms with Crippen LogP contribution in [0.4, 0.5) is 10.1 Å². The van der Waals surface area contributed by atoms with Crippen LogP contribution >= 0.6 is 0 Å². The van der Waals surface area contributed by atoms with Gasteiger partial charge in [-0.1, -0.05) is 12.1 Å². The number of nitrogens with zero attached hydrogens (tertiary/aromatic N) is 2. The summed E-state index contributed by atoms with van der Waals surface area (Å²) in [6.45, 7) is 4.20. The number of hydrogen-bond donors (Lipinski definition) is 0. The topological polar surface area (TPSA) is 42.0 Å². The van der Waals surface area contributed by atoms with E-state index in [1.165, 1.54) is 6.07 Å². The highest BCUT2D eigenvalue weighted by Crippen LogP contribution is 2.30. The minimum Gasteiger partial charge on any atom is -0.497 e. The maximum Gasteiger partial charge on any atom is 0.246 e. The van der Waals surface area contributed by atoms with Crippen LogP contribution in [0, 0.1) is 5.82 Å². The van der Waals surface area contributed by atoms with Crippen LogP contribution < -0.4 is 14.4 Å². The van der Waals surface area contributed by atoms with E-state index in [-0.39, 0.29) is 11.7 Å². The summed E-state index contributed by atoms with van der Waals surface area (Å²) >= 11 is 0. The molecule has 0 radical (unpaired) electrons. The van der Waals surface area contributed by atoms with E-state index in [1.807, 2.05) is 30.0 Å². The van der Waals surface area contributed by atoms with Crippen LogP contribution in [0.1, 0.15) is 12.5 Å². The highest BCUT2D eigenvalue weighted by Gasteiger charge is 2.22. The van der Waals surface area contributed by atoms with Crippen molar-refractivity contribution in [3.8, 4) is 11.5 Å². The predicted molar refractivity (Wildman–Crippen MR) is 108 cm³/mol. The molecule has 2 aromatic carbocycles. The summed E-state index contributed by atoms with van der Waals surface area (Å²) in [5.74, 6) is 1.07. The van der Waals surface area contributed by atoms with Gasteiger partial charge >= 0.3 is 0 Å². The average molecular weight is 384 g/mol. The van der Waals surface area contributed by atoms with Crippen molar-refractivity contribution in [3.05, 3.63) is 59.9 Å². The zero-order chi connectivity index (χ0) is 20.1. The Bertz CT molecular complexity index is 874. The molecule has 148 valence electrons. The van der Waals surface area contributed by atoms with Gasteiger partial charge in [-0.05, 0) is 36.8 Å². The Morgan fingerprint density at radius 3 is 2.39 bits per heavy atom. The van der Waals surface area contributed by atoms with Gasteiger partial charge in [0.2, 0.25) is 5.91 Å². The van der Waals surface area contributed by atoms with Crippen molar-refractivity contribution < 1.29 is 18.7 Å². The number of carbonyl (C=O) groups is 1. The fourth-order valence-corrected chi connectivity index (χ4v) is 3.35. The Balaban J connectivity index is 1.68. The molecule has 0 saturated carbocycles. The molecule has 1 fully saturated rings. The molecule has 6 heteroatoms. The summed E-state index contributed by atoms with van der Waals surface area (Å²) in [5, 5.41) is 0. The first-order chi connectivity index (χ1) is 13.5. The lowest BCUT2D eigenvalue weighted by molar-refractivity contribution is -0.126. The van der Waals surface area contributed by atoms with Crippen LogP contribution in [0.15, 0.2) is 48.5 Å². The van der Waals surface area contributed by atoms with Crippen LogP contribution in [0.3, 0.4) is 0 Å². The quantitative estimate of drug-likeness (QED) is 0.739. The van der Waals surface area contributed by atoms with E-state index in [1.54, 1.807) is 43.4 Å². The van der Waals surface area contributed by atoms with Gasteiger partial charge in [0.15, 0.2) is 0 Å². The summed E-state index contributed by atoms with van der Waals surface area (Å²) in [7, 11) is 3.19. The smallest absolute Gasteiger partial charge is 0.246 e. The molecule has 1 amide bonds. The Labute approximate surface area is 165 Å². The number of allylic oxidation sites excluding steroid dienone is 1. The highest BCUT2D eigenvalue weighted by molar-refractivity contribution is 5.95. The zero-order valence-corrected chi connectivity index (χ0v) is 16.4. The monoisotopic (exact) mass is 384 g/mol. The van der Waals surface area contributed by atoms with Crippen LogP contribution in [0.5, 0.6) is 11.5 Å². The van der Waals surface area contributed by atoms with E-state index in [9.17, 15) is 9.18 Å². The van der Waals surface area contributed by atoms with Crippen molar-refractivity contribution in [1.29, 1.82) is 0 Å². The molecule has 0 atom stereocenters. The van der Waals surface area contributed by atoms with E-state index < -0.39 is 0 Å². The number of para-hydroxylation sites is 1. The molecular formula is C22H25FN2O3. The summed E-state index contributed by atoms with van der Waals surface area (Å²) in [6, 6.07) is 12.3. The largest absolute Gasteiger partial charge is 0.497 e. The van der Waals surface area contributed by atoms with Gasteiger partial charge in [0.1, 0.15) is 17.3 Å². The molecule has 2 aromatic rings. The minimum absolute atomic E-state index is 0.0523. The Morgan fingerprint density at radius 1 is 1.04 bits per heavy atom. The van der Waals surface area contributed by atoms with E-state index in [2.05, 4.69) is 0 Å². The Hall–Kier alpha value is -3.02. The van der Waals surface area contributed by atoms with E-state index >= 15 is 0 Å². The summed E-state index contributed by atoms with van der Waals surface area (Å²) in [4.78, 5) is 16.5. The number of benzene rings is 2. The molecule has 0 aromatic heterocycles. The van der Waals surface area contributed by atoms with E-state index in [4.69, 9.17) is 9.47 Å². The number of rotatable bonds is 5. The Morgan fingerprint density at radius 2 is 1.75 bits per heavy atom. The molecular weight excluding hydrogens is 359 g/mol. The average Bonchev–Trinajstić information content (AvgIpc) is 2.73. The number of amides is 1. The predicted octanol–water partition coefficient (Wildman–Crippen LogP) is 3.60. The summed E-state index contributed by atoms with van der Waals surface area (Å²) in [6.07, 6.45) is 1.63. The van der Waals surface area contributed by atoms with Crippen molar-refractivity contribution in [2.75, 3.05) is 45.3 Å². The maximum atomic E-state index is 14.0. The first kappa shape index (κ1) is 19.7. The van der Waals surface area contributed by atoms with Gasteiger partial charge in [0.05, 0.1) is 19.9 Å². The number of piperazine rings is 1. The van der Waals surface area contributed by atoms with E-state index in [0.29, 0.717) is 43.4 Å². The second kappa shape index (κ2) is 8.78. The zero-order valence-electron chi connectivity index (χ0n) is 16.4. The number of ether oxygens (including phenoxy) is 2. The second-order valence-electron chi connectivity index (χ2n) is 6.66. The minimum atomic E-state index is -0.232. The van der Waals surface area contributed by atoms with Crippen LogP contribution in [-0.2, 0) is 4.79 Å². The molecule has 5 nitrogen and oxygen atoms in total. The lowest BCUT2D eigenvalue weighted by Crippen LogP contribution is -2.48. The summed E-state index contributed by atoms with van der Waals surface area (Å²) in [5.41, 5.74) is 2.26. The van der Waals surface area contributed by atoms with Crippen LogP contribution in [-0.4, -0.2) is 51.2 Å². The second-order valence-corrected chi connectivity index (χ2v) is 6.66. The van der Waals surface area contributed by atoms with Gasteiger partial charge in [-0.15, -0.1) is 0 Å². The molecule has 28 heavy (non-hydrogen) atoms. The van der Waals surface area contributed by atoms with Crippen molar-refractivity contribution >= 4 is 17.2 Å². The number of hydrogen-bond acceptors (Lipinski definition) is 4. The number of methoxy groups -OCH3 is 2. The highest BCUT2D eigenvalue weighted by atomic mass is 19.1. The Kier molecular flexibility index (Phi) is 6.19. The third-order valence-corrected chi connectivity index (χ3v) is 4.96. The van der Waals surface area contributed by atoms with Crippen molar-refractivity contribution in [1.82, 2.24) is 4.90 Å². The van der Waals surface area contributed by atoms with Gasteiger partial charge in [-0.3, -0.25) is 4.79 Å². The van der Waals surface area contributed by atoms with Crippen LogP contribution in [0.2, 0.25) is 0 Å². The molecule has 1 aliphatic rings. The van der Waals surface area contributed by atoms with Crippen molar-refractivity contribution in [2.24, 2.45) is 0 Å². The van der Waals surface area contributed by atoms with Gasteiger partial charge in [-0.2, -0.15) is 0 Å². The van der Waals surface area contributed by atoms with Crippen LogP contribution in [0.25, 0.3) is 5.57 Å². The first-order valence-electron chi connectivity index (χ1n) is 9.22. The molecule has 0 aliphatic carbocycles. The lowest BCUT2D eigenvalue weighted by atomic mass is 10.1. The molecule has 0 N–H and O–H groups in total. The molecule has 1 heterocycles.